The molecule has 25 heavy (non-hydrogen) atoms. The molecule has 2 atom stereocenters. The minimum absolute atomic E-state index is 0.226. The molecule has 2 aromatic rings. The van der Waals surface area contributed by atoms with Gasteiger partial charge in [0.15, 0.2) is 0 Å². The van der Waals surface area contributed by atoms with Gasteiger partial charge in [-0.25, -0.2) is 0 Å². The summed E-state index contributed by atoms with van der Waals surface area (Å²) in [6, 6.07) is 17.0. The molecule has 1 aliphatic rings. The van der Waals surface area contributed by atoms with Gasteiger partial charge in [0.05, 0.1) is 19.8 Å². The molecule has 0 amide bonds. The second-order valence-corrected chi connectivity index (χ2v) is 7.07. The lowest BCUT2D eigenvalue weighted by atomic mass is 9.79. The highest BCUT2D eigenvalue weighted by molar-refractivity contribution is 5.32. The summed E-state index contributed by atoms with van der Waals surface area (Å²) in [5.74, 6) is 1.53. The van der Waals surface area contributed by atoms with E-state index in [0.29, 0.717) is 12.5 Å². The molecule has 0 spiro atoms. The molecular weight excluding hydrogens is 308 g/mol. The highest BCUT2D eigenvalue weighted by Crippen LogP contribution is 2.40. The summed E-state index contributed by atoms with van der Waals surface area (Å²) in [6.45, 7) is 2.93. The molecule has 0 aliphatic heterocycles. The molecule has 2 unspecified atom stereocenters. The molecule has 3 rings (SSSR count). The van der Waals surface area contributed by atoms with Crippen molar-refractivity contribution in [3.63, 3.8) is 0 Å². The maximum absolute atomic E-state index is 6.47. The summed E-state index contributed by atoms with van der Waals surface area (Å²) in [5, 5.41) is 0. The van der Waals surface area contributed by atoms with E-state index in [0.717, 1.165) is 5.75 Å². The molecule has 0 fully saturated rings. The van der Waals surface area contributed by atoms with Gasteiger partial charge in [-0.15, -0.1) is 0 Å². The SMILES string of the molecule is CCCCCC1CCc2ccccc2C1OCc1ccc(OC)cc1. The first kappa shape index (κ1) is 18.0. The van der Waals surface area contributed by atoms with E-state index in [1.54, 1.807) is 7.11 Å². The predicted molar refractivity (Wildman–Crippen MR) is 103 cm³/mol. The Labute approximate surface area is 152 Å². The minimum atomic E-state index is 0.226. The zero-order valence-corrected chi connectivity index (χ0v) is 15.5. The van der Waals surface area contributed by atoms with Crippen molar-refractivity contribution in [1.82, 2.24) is 0 Å². The molecule has 0 saturated heterocycles. The zero-order valence-electron chi connectivity index (χ0n) is 15.5. The van der Waals surface area contributed by atoms with Gasteiger partial charge in [0.2, 0.25) is 0 Å². The summed E-state index contributed by atoms with van der Waals surface area (Å²) >= 11 is 0. The van der Waals surface area contributed by atoms with E-state index in [-0.39, 0.29) is 6.10 Å². The fraction of sp³-hybridized carbons (Fsp3) is 0.478. The molecule has 2 heteroatoms. The zero-order chi connectivity index (χ0) is 17.5. The number of methoxy groups -OCH3 is 1. The van der Waals surface area contributed by atoms with Crippen LogP contribution in [0.5, 0.6) is 5.75 Å². The van der Waals surface area contributed by atoms with Crippen molar-refractivity contribution in [1.29, 1.82) is 0 Å². The summed E-state index contributed by atoms with van der Waals surface area (Å²) in [7, 11) is 1.70. The maximum Gasteiger partial charge on any atom is 0.118 e. The number of fused-ring (bicyclic) bond motifs is 1. The van der Waals surface area contributed by atoms with Crippen LogP contribution in [-0.4, -0.2) is 7.11 Å². The van der Waals surface area contributed by atoms with E-state index in [4.69, 9.17) is 9.47 Å². The van der Waals surface area contributed by atoms with Crippen molar-refractivity contribution >= 4 is 0 Å². The van der Waals surface area contributed by atoms with Crippen molar-refractivity contribution in [3.05, 3.63) is 65.2 Å². The Morgan fingerprint density at radius 1 is 1.00 bits per heavy atom. The number of aryl methyl sites for hydroxylation is 1. The predicted octanol–water partition coefficient (Wildman–Crippen LogP) is 6.10. The Balaban J connectivity index is 1.70. The quantitative estimate of drug-likeness (QED) is 0.542. The van der Waals surface area contributed by atoms with Gasteiger partial charge in [-0.2, -0.15) is 0 Å². The third-order valence-corrected chi connectivity index (χ3v) is 5.34. The van der Waals surface area contributed by atoms with Crippen molar-refractivity contribution in [2.75, 3.05) is 7.11 Å². The van der Waals surface area contributed by atoms with E-state index in [9.17, 15) is 0 Å². The Kier molecular flexibility index (Phi) is 6.52. The van der Waals surface area contributed by atoms with Gasteiger partial charge in [0.1, 0.15) is 5.75 Å². The van der Waals surface area contributed by atoms with Crippen LogP contribution in [0.1, 0.15) is 61.8 Å². The van der Waals surface area contributed by atoms with Crippen LogP contribution in [-0.2, 0) is 17.8 Å². The van der Waals surface area contributed by atoms with E-state index >= 15 is 0 Å². The number of ether oxygens (including phenoxy) is 2. The summed E-state index contributed by atoms with van der Waals surface area (Å²) in [5.41, 5.74) is 4.08. The number of hydrogen-bond donors (Lipinski definition) is 0. The molecular formula is C23H30O2. The van der Waals surface area contributed by atoms with Gasteiger partial charge in [-0.1, -0.05) is 62.6 Å². The standard InChI is InChI=1S/C23H30O2/c1-3-4-5-9-20-14-13-19-8-6-7-10-22(19)23(20)25-17-18-11-15-21(24-2)16-12-18/h6-8,10-12,15-16,20,23H,3-5,9,13-14,17H2,1-2H3. The van der Waals surface area contributed by atoms with Crippen molar-refractivity contribution in [3.8, 4) is 5.75 Å². The fourth-order valence-electron chi connectivity index (χ4n) is 3.87. The second kappa shape index (κ2) is 9.05. The lowest BCUT2D eigenvalue weighted by Crippen LogP contribution is -2.23. The number of rotatable bonds is 8. The largest absolute Gasteiger partial charge is 0.497 e. The third-order valence-electron chi connectivity index (χ3n) is 5.34. The molecule has 0 heterocycles. The van der Waals surface area contributed by atoms with Gasteiger partial charge in [-0.3, -0.25) is 0 Å². The molecule has 0 radical (unpaired) electrons. The van der Waals surface area contributed by atoms with Crippen LogP contribution in [0.15, 0.2) is 48.5 Å². The lowest BCUT2D eigenvalue weighted by molar-refractivity contribution is -0.0126. The van der Waals surface area contributed by atoms with Gasteiger partial charge in [0.25, 0.3) is 0 Å². The Morgan fingerprint density at radius 2 is 1.80 bits per heavy atom. The maximum atomic E-state index is 6.47. The van der Waals surface area contributed by atoms with Gasteiger partial charge < -0.3 is 9.47 Å². The van der Waals surface area contributed by atoms with Crippen LogP contribution in [0.3, 0.4) is 0 Å². The number of unbranched alkanes of at least 4 members (excludes halogenated alkanes) is 2. The first-order valence-corrected chi connectivity index (χ1v) is 9.64. The normalized spacial score (nSPS) is 19.4. The molecule has 1 aliphatic carbocycles. The van der Waals surface area contributed by atoms with Crippen molar-refractivity contribution in [2.45, 2.75) is 58.2 Å². The molecule has 2 nitrogen and oxygen atoms in total. The van der Waals surface area contributed by atoms with Gasteiger partial charge in [-0.05, 0) is 54.0 Å². The van der Waals surface area contributed by atoms with E-state index in [1.807, 2.05) is 12.1 Å². The first-order valence-electron chi connectivity index (χ1n) is 9.64. The molecule has 0 aromatic heterocycles. The minimum Gasteiger partial charge on any atom is -0.497 e. The van der Waals surface area contributed by atoms with Crippen LogP contribution in [0.2, 0.25) is 0 Å². The number of benzene rings is 2. The second-order valence-electron chi connectivity index (χ2n) is 7.07. The van der Waals surface area contributed by atoms with E-state index in [2.05, 4.69) is 43.3 Å². The highest BCUT2D eigenvalue weighted by atomic mass is 16.5. The van der Waals surface area contributed by atoms with Crippen molar-refractivity contribution < 1.29 is 9.47 Å². The number of hydrogen-bond acceptors (Lipinski definition) is 2. The Hall–Kier alpha value is -1.80. The van der Waals surface area contributed by atoms with Gasteiger partial charge >= 0.3 is 0 Å². The average Bonchev–Trinajstić information content (AvgIpc) is 2.67. The van der Waals surface area contributed by atoms with Crippen LogP contribution in [0.4, 0.5) is 0 Å². The van der Waals surface area contributed by atoms with Gasteiger partial charge in [0, 0.05) is 0 Å². The summed E-state index contributed by atoms with van der Waals surface area (Å²) in [6.07, 6.45) is 7.85. The fourth-order valence-corrected chi connectivity index (χ4v) is 3.87. The van der Waals surface area contributed by atoms with E-state index < -0.39 is 0 Å². The molecule has 134 valence electrons. The summed E-state index contributed by atoms with van der Waals surface area (Å²) < 4.78 is 11.7. The molecule has 0 N–H and O–H groups in total. The first-order chi connectivity index (χ1) is 12.3. The monoisotopic (exact) mass is 338 g/mol. The average molecular weight is 338 g/mol. The molecule has 0 saturated carbocycles. The van der Waals surface area contributed by atoms with Crippen molar-refractivity contribution in [2.24, 2.45) is 5.92 Å². The smallest absolute Gasteiger partial charge is 0.118 e. The highest BCUT2D eigenvalue weighted by Gasteiger charge is 2.29. The Morgan fingerprint density at radius 3 is 2.56 bits per heavy atom. The van der Waals surface area contributed by atoms with E-state index in [1.165, 1.54) is 55.2 Å². The Bertz CT molecular complexity index is 647. The molecule has 2 aromatic carbocycles. The van der Waals surface area contributed by atoms with Crippen LogP contribution < -0.4 is 4.74 Å². The third kappa shape index (κ3) is 4.64. The van der Waals surface area contributed by atoms with Crippen LogP contribution >= 0.6 is 0 Å². The summed E-state index contributed by atoms with van der Waals surface area (Å²) in [4.78, 5) is 0. The van der Waals surface area contributed by atoms with Crippen LogP contribution in [0.25, 0.3) is 0 Å². The van der Waals surface area contributed by atoms with Crippen LogP contribution in [0, 0.1) is 5.92 Å². The lowest BCUT2D eigenvalue weighted by Gasteiger charge is -2.34. The topological polar surface area (TPSA) is 18.5 Å². The molecule has 0 bridgehead atoms.